The number of rotatable bonds is 1. The molecule has 0 saturated carbocycles. The van der Waals surface area contributed by atoms with E-state index in [1.165, 1.54) is 5.57 Å². The van der Waals surface area contributed by atoms with E-state index in [-0.39, 0.29) is 6.10 Å². The third-order valence-corrected chi connectivity index (χ3v) is 1.52. The summed E-state index contributed by atoms with van der Waals surface area (Å²) in [5.74, 6) is 0. The summed E-state index contributed by atoms with van der Waals surface area (Å²) in [6.07, 6.45) is 7.72. The van der Waals surface area contributed by atoms with E-state index in [2.05, 4.69) is 6.08 Å². The summed E-state index contributed by atoms with van der Waals surface area (Å²) >= 11 is 0. The molecule has 0 saturated heterocycles. The van der Waals surface area contributed by atoms with Crippen LogP contribution in [0.4, 0.5) is 0 Å². The molecule has 1 nitrogen and oxygen atoms in total. The van der Waals surface area contributed by atoms with Gasteiger partial charge in [0.25, 0.3) is 0 Å². The standard InChI is InChI=1S/C8H12O/c1-2-3-7-4-5-8(9)6-7/h2-3,6,8-9H,4-5H2,1H3/b3-2+. The van der Waals surface area contributed by atoms with Crippen LogP contribution in [0.25, 0.3) is 0 Å². The van der Waals surface area contributed by atoms with Gasteiger partial charge in [-0.25, -0.2) is 0 Å². The second kappa shape index (κ2) is 2.83. The Labute approximate surface area is 55.7 Å². The van der Waals surface area contributed by atoms with Gasteiger partial charge in [-0.15, -0.1) is 0 Å². The van der Waals surface area contributed by atoms with Gasteiger partial charge in [-0.1, -0.05) is 18.2 Å². The molecule has 50 valence electrons. The van der Waals surface area contributed by atoms with Crippen molar-refractivity contribution in [2.24, 2.45) is 0 Å². The van der Waals surface area contributed by atoms with Gasteiger partial charge in [0.05, 0.1) is 6.10 Å². The molecule has 0 aromatic rings. The van der Waals surface area contributed by atoms with Crippen LogP contribution < -0.4 is 0 Å². The lowest BCUT2D eigenvalue weighted by molar-refractivity contribution is 0.223. The first-order chi connectivity index (χ1) is 4.33. The van der Waals surface area contributed by atoms with Crippen LogP contribution in [0.3, 0.4) is 0 Å². The maximum Gasteiger partial charge on any atom is 0.0729 e. The third kappa shape index (κ3) is 1.68. The topological polar surface area (TPSA) is 20.2 Å². The second-order valence-corrected chi connectivity index (χ2v) is 2.35. The Morgan fingerprint density at radius 3 is 3.00 bits per heavy atom. The quantitative estimate of drug-likeness (QED) is 0.563. The van der Waals surface area contributed by atoms with Gasteiger partial charge in [0.2, 0.25) is 0 Å². The van der Waals surface area contributed by atoms with Crippen LogP contribution in [0.5, 0.6) is 0 Å². The molecule has 0 bridgehead atoms. The van der Waals surface area contributed by atoms with E-state index in [9.17, 15) is 0 Å². The molecule has 0 aliphatic heterocycles. The second-order valence-electron chi connectivity index (χ2n) is 2.35. The maximum atomic E-state index is 9.02. The molecule has 0 amide bonds. The SMILES string of the molecule is C/C=C/C1=CC(O)CC1. The van der Waals surface area contributed by atoms with Gasteiger partial charge in [-0.3, -0.25) is 0 Å². The molecule has 1 aliphatic rings. The van der Waals surface area contributed by atoms with Crippen molar-refractivity contribution in [1.29, 1.82) is 0 Å². The molecule has 0 spiro atoms. The molecule has 1 rings (SSSR count). The zero-order valence-electron chi connectivity index (χ0n) is 5.67. The Balaban J connectivity index is 2.52. The molecule has 1 aliphatic carbocycles. The Morgan fingerprint density at radius 1 is 1.78 bits per heavy atom. The van der Waals surface area contributed by atoms with Crippen molar-refractivity contribution in [3.05, 3.63) is 23.8 Å². The molecular formula is C8H12O. The van der Waals surface area contributed by atoms with Gasteiger partial charge >= 0.3 is 0 Å². The Hall–Kier alpha value is -0.560. The maximum absolute atomic E-state index is 9.02. The summed E-state index contributed by atoms with van der Waals surface area (Å²) in [5.41, 5.74) is 1.27. The van der Waals surface area contributed by atoms with Crippen LogP contribution in [-0.4, -0.2) is 11.2 Å². The van der Waals surface area contributed by atoms with Crippen molar-refractivity contribution < 1.29 is 5.11 Å². The average Bonchev–Trinajstić information content (AvgIpc) is 2.17. The first-order valence-corrected chi connectivity index (χ1v) is 3.34. The lowest BCUT2D eigenvalue weighted by atomic mass is 10.2. The minimum Gasteiger partial charge on any atom is -0.389 e. The predicted octanol–water partition coefficient (Wildman–Crippen LogP) is 1.64. The van der Waals surface area contributed by atoms with Gasteiger partial charge < -0.3 is 5.11 Å². The minimum atomic E-state index is -0.184. The number of aliphatic hydroxyl groups is 1. The van der Waals surface area contributed by atoms with Gasteiger partial charge in [-0.2, -0.15) is 0 Å². The summed E-state index contributed by atoms with van der Waals surface area (Å²) in [6.45, 7) is 1.99. The molecular weight excluding hydrogens is 112 g/mol. The van der Waals surface area contributed by atoms with Crippen LogP contribution in [-0.2, 0) is 0 Å². The van der Waals surface area contributed by atoms with Gasteiger partial charge in [0.15, 0.2) is 0 Å². The lowest BCUT2D eigenvalue weighted by Gasteiger charge is -1.89. The van der Waals surface area contributed by atoms with Crippen LogP contribution in [0.15, 0.2) is 23.8 Å². The molecule has 0 heterocycles. The zero-order chi connectivity index (χ0) is 6.69. The zero-order valence-corrected chi connectivity index (χ0v) is 5.67. The number of aliphatic hydroxyl groups excluding tert-OH is 1. The van der Waals surface area contributed by atoms with Crippen LogP contribution >= 0.6 is 0 Å². The van der Waals surface area contributed by atoms with E-state index in [1.807, 2.05) is 19.1 Å². The normalized spacial score (nSPS) is 27.3. The van der Waals surface area contributed by atoms with E-state index in [1.54, 1.807) is 0 Å². The van der Waals surface area contributed by atoms with Crippen molar-refractivity contribution in [2.45, 2.75) is 25.9 Å². The monoisotopic (exact) mass is 124 g/mol. The number of hydrogen-bond acceptors (Lipinski definition) is 1. The van der Waals surface area contributed by atoms with Crippen molar-refractivity contribution in [2.75, 3.05) is 0 Å². The highest BCUT2D eigenvalue weighted by molar-refractivity contribution is 5.23. The largest absolute Gasteiger partial charge is 0.389 e. The van der Waals surface area contributed by atoms with E-state index in [4.69, 9.17) is 5.11 Å². The Kier molecular flexibility index (Phi) is 2.06. The molecule has 1 N–H and O–H groups in total. The summed E-state index contributed by atoms with van der Waals surface area (Å²) in [7, 11) is 0. The highest BCUT2D eigenvalue weighted by Gasteiger charge is 2.09. The van der Waals surface area contributed by atoms with Gasteiger partial charge in [0.1, 0.15) is 0 Å². The summed E-state index contributed by atoms with van der Waals surface area (Å²) in [4.78, 5) is 0. The molecule has 1 heteroatoms. The highest BCUT2D eigenvalue weighted by Crippen LogP contribution is 2.18. The molecule has 9 heavy (non-hydrogen) atoms. The average molecular weight is 124 g/mol. The van der Waals surface area contributed by atoms with E-state index >= 15 is 0 Å². The smallest absolute Gasteiger partial charge is 0.0729 e. The lowest BCUT2D eigenvalue weighted by Crippen LogP contribution is -1.93. The first kappa shape index (κ1) is 6.56. The highest BCUT2D eigenvalue weighted by atomic mass is 16.3. The fourth-order valence-corrected chi connectivity index (χ4v) is 1.08. The number of allylic oxidation sites excluding steroid dienone is 3. The first-order valence-electron chi connectivity index (χ1n) is 3.34. The summed E-state index contributed by atoms with van der Waals surface area (Å²) < 4.78 is 0. The Bertz CT molecular complexity index is 145. The predicted molar refractivity (Wildman–Crippen MR) is 38.1 cm³/mol. The van der Waals surface area contributed by atoms with Crippen LogP contribution in [0, 0.1) is 0 Å². The fraction of sp³-hybridized carbons (Fsp3) is 0.500. The van der Waals surface area contributed by atoms with Crippen molar-refractivity contribution in [3.8, 4) is 0 Å². The molecule has 0 fully saturated rings. The molecule has 0 aromatic carbocycles. The minimum absolute atomic E-state index is 0.184. The van der Waals surface area contributed by atoms with Crippen LogP contribution in [0.1, 0.15) is 19.8 Å². The van der Waals surface area contributed by atoms with Crippen molar-refractivity contribution in [3.63, 3.8) is 0 Å². The molecule has 0 radical (unpaired) electrons. The number of hydrogen-bond donors (Lipinski definition) is 1. The van der Waals surface area contributed by atoms with E-state index < -0.39 is 0 Å². The molecule has 0 aromatic heterocycles. The third-order valence-electron chi connectivity index (χ3n) is 1.52. The van der Waals surface area contributed by atoms with Crippen LogP contribution in [0.2, 0.25) is 0 Å². The van der Waals surface area contributed by atoms with E-state index in [0.29, 0.717) is 0 Å². The summed E-state index contributed by atoms with van der Waals surface area (Å²) in [5, 5.41) is 9.02. The van der Waals surface area contributed by atoms with Crippen molar-refractivity contribution in [1.82, 2.24) is 0 Å². The van der Waals surface area contributed by atoms with Crippen molar-refractivity contribution >= 4 is 0 Å². The fourth-order valence-electron chi connectivity index (χ4n) is 1.08. The van der Waals surface area contributed by atoms with Gasteiger partial charge in [0, 0.05) is 0 Å². The molecule has 1 atom stereocenters. The molecule has 1 unspecified atom stereocenters. The van der Waals surface area contributed by atoms with E-state index in [0.717, 1.165) is 12.8 Å². The van der Waals surface area contributed by atoms with Gasteiger partial charge in [-0.05, 0) is 25.3 Å². The Morgan fingerprint density at radius 2 is 2.56 bits per heavy atom. The summed E-state index contributed by atoms with van der Waals surface area (Å²) in [6, 6.07) is 0.